The summed E-state index contributed by atoms with van der Waals surface area (Å²) < 4.78 is 0. The number of nitrogens with zero attached hydrogens (tertiary/aromatic N) is 3. The number of nitro benzene ring substituents is 1. The lowest BCUT2D eigenvalue weighted by Crippen LogP contribution is -2.22. The second kappa shape index (κ2) is 13.0. The lowest BCUT2D eigenvalue weighted by atomic mass is 10.1. The number of nitrogens with two attached hydrogens (primary N) is 1. The van der Waals surface area contributed by atoms with Gasteiger partial charge in [0.15, 0.2) is 0 Å². The fourth-order valence-electron chi connectivity index (χ4n) is 3.89. The van der Waals surface area contributed by atoms with Gasteiger partial charge in [-0.2, -0.15) is 10.1 Å². The van der Waals surface area contributed by atoms with Crippen molar-refractivity contribution in [2.75, 3.05) is 16.1 Å². The first-order chi connectivity index (χ1) is 17.9. The number of nitrogen functional groups attached to an aromatic ring is 1. The highest BCUT2D eigenvalue weighted by molar-refractivity contribution is 6.30. The first-order valence-corrected chi connectivity index (χ1v) is 12.4. The van der Waals surface area contributed by atoms with E-state index in [1.807, 2.05) is 49.4 Å². The zero-order chi connectivity index (χ0) is 26.8. The van der Waals surface area contributed by atoms with E-state index in [2.05, 4.69) is 30.3 Å². The molecule has 0 spiro atoms. The number of hydrazone groups is 1. The maximum Gasteiger partial charge on any atom is 0.282 e. The molecule has 192 valence electrons. The largest absolute Gasteiger partial charge is 0.399 e. The summed E-state index contributed by atoms with van der Waals surface area (Å²) in [6, 6.07) is 21.7. The van der Waals surface area contributed by atoms with Gasteiger partial charge < -0.3 is 11.1 Å². The first kappa shape index (κ1) is 27.1. The predicted molar refractivity (Wildman–Crippen MR) is 151 cm³/mol. The molecule has 0 saturated carbocycles. The monoisotopic (exact) mass is 499 g/mol. The number of benzene rings is 3. The number of carbonyl (C=O) groups is 1. The molecule has 4 rings (SSSR count). The van der Waals surface area contributed by atoms with E-state index >= 15 is 0 Å². The second-order valence-corrected chi connectivity index (χ2v) is 8.45. The van der Waals surface area contributed by atoms with E-state index in [0.717, 1.165) is 36.2 Å². The Hall–Kier alpha value is -4.46. The molecule has 3 N–H and O–H groups in total. The Kier molecular flexibility index (Phi) is 9.55. The Balaban J connectivity index is 0.000000356. The van der Waals surface area contributed by atoms with Crippen molar-refractivity contribution in [1.29, 1.82) is 0 Å². The third kappa shape index (κ3) is 6.82. The number of para-hydroxylation sites is 2. The molecular weight excluding hydrogens is 466 g/mol. The lowest BCUT2D eigenvalue weighted by molar-refractivity contribution is -0.384. The molecule has 3 aromatic carbocycles. The summed E-state index contributed by atoms with van der Waals surface area (Å²) in [4.78, 5) is 23.3. The molecule has 1 aliphatic heterocycles. The smallest absolute Gasteiger partial charge is 0.282 e. The minimum Gasteiger partial charge on any atom is -0.399 e. The van der Waals surface area contributed by atoms with Crippen LogP contribution in [0.3, 0.4) is 0 Å². The van der Waals surface area contributed by atoms with E-state index in [1.165, 1.54) is 34.8 Å². The highest BCUT2D eigenvalue weighted by Crippen LogP contribution is 2.27. The van der Waals surface area contributed by atoms with Crippen molar-refractivity contribution < 1.29 is 9.72 Å². The maximum atomic E-state index is 13.0. The third-order valence-electron chi connectivity index (χ3n) is 5.95. The molecule has 0 aromatic heterocycles. The molecule has 0 aliphatic carbocycles. The van der Waals surface area contributed by atoms with Crippen LogP contribution in [-0.4, -0.2) is 16.5 Å². The molecule has 0 unspecified atom stereocenters. The molecule has 0 saturated heterocycles. The van der Waals surface area contributed by atoms with E-state index in [-0.39, 0.29) is 11.6 Å². The van der Waals surface area contributed by atoms with Crippen LogP contribution in [0.25, 0.3) is 0 Å². The Bertz CT molecular complexity index is 1300. The third-order valence-corrected chi connectivity index (χ3v) is 5.95. The van der Waals surface area contributed by atoms with Gasteiger partial charge in [-0.3, -0.25) is 14.9 Å². The molecule has 0 radical (unpaired) electrons. The summed E-state index contributed by atoms with van der Waals surface area (Å²) in [5, 5.41) is 19.8. The molecule has 0 bridgehead atoms. The fourth-order valence-corrected chi connectivity index (χ4v) is 3.89. The van der Waals surface area contributed by atoms with Gasteiger partial charge in [0.1, 0.15) is 0 Å². The van der Waals surface area contributed by atoms with Crippen molar-refractivity contribution in [3.8, 4) is 0 Å². The van der Waals surface area contributed by atoms with Crippen molar-refractivity contribution in [2.45, 2.75) is 46.5 Å². The molecule has 0 atom stereocenters. The molecule has 8 heteroatoms. The zero-order valence-electron chi connectivity index (χ0n) is 21.5. The van der Waals surface area contributed by atoms with Crippen molar-refractivity contribution >= 4 is 34.4 Å². The van der Waals surface area contributed by atoms with Gasteiger partial charge in [0, 0.05) is 29.7 Å². The Morgan fingerprint density at radius 2 is 1.57 bits per heavy atom. The Morgan fingerprint density at radius 3 is 2.14 bits per heavy atom. The number of anilines is 3. The standard InChI is InChI=1S/C21H22N4O3.C8H11N/c1-3-7-20-18(14-22-19-9-6-5-8-15(19)4-2)21(26)24(23-20)16-10-12-17(13-11-16)25(27)28;1-2-7-5-3-4-6-8(7)9/h5-6,8-14,22H,3-4,7H2,1-2H3;3-6H,2,9H2,1H3/b18-14-;. The van der Waals surface area contributed by atoms with Crippen LogP contribution in [0.2, 0.25) is 0 Å². The van der Waals surface area contributed by atoms with E-state index in [9.17, 15) is 14.9 Å². The number of non-ortho nitro benzene ring substituents is 1. The maximum absolute atomic E-state index is 13.0. The first-order valence-electron chi connectivity index (χ1n) is 12.4. The Morgan fingerprint density at radius 1 is 0.946 bits per heavy atom. The van der Waals surface area contributed by atoms with Crippen molar-refractivity contribution in [3.63, 3.8) is 0 Å². The van der Waals surface area contributed by atoms with E-state index in [4.69, 9.17) is 5.73 Å². The summed E-state index contributed by atoms with van der Waals surface area (Å²) >= 11 is 0. The Labute approximate surface area is 217 Å². The number of hydrogen-bond acceptors (Lipinski definition) is 6. The summed E-state index contributed by atoms with van der Waals surface area (Å²) in [5.74, 6) is -0.251. The quantitative estimate of drug-likeness (QED) is 0.159. The summed E-state index contributed by atoms with van der Waals surface area (Å²) in [7, 11) is 0. The second-order valence-electron chi connectivity index (χ2n) is 8.45. The molecular formula is C29H33N5O3. The molecule has 0 fully saturated rings. The molecule has 1 heterocycles. The molecule has 8 nitrogen and oxygen atoms in total. The van der Waals surface area contributed by atoms with Gasteiger partial charge in [0.2, 0.25) is 0 Å². The van der Waals surface area contributed by atoms with Crippen LogP contribution in [0.15, 0.2) is 89.7 Å². The van der Waals surface area contributed by atoms with E-state index in [1.54, 1.807) is 6.20 Å². The minimum absolute atomic E-state index is 0.0261. The summed E-state index contributed by atoms with van der Waals surface area (Å²) in [5.41, 5.74) is 11.6. The number of nitro groups is 1. The zero-order valence-corrected chi connectivity index (χ0v) is 21.5. The summed E-state index contributed by atoms with van der Waals surface area (Å²) in [6.07, 6.45) is 5.12. The average molecular weight is 500 g/mol. The molecule has 1 aliphatic rings. The SMILES string of the molecule is CCCC1=NN(c2ccc([N+](=O)[O-])cc2)C(=O)/C1=C\Nc1ccccc1CC.CCc1ccccc1N. The van der Waals surface area contributed by atoms with Crippen LogP contribution in [0.1, 0.15) is 44.7 Å². The van der Waals surface area contributed by atoms with Crippen molar-refractivity contribution in [3.05, 3.63) is 106 Å². The number of aryl methyl sites for hydroxylation is 2. The number of rotatable bonds is 8. The number of nitrogens with one attached hydrogen (secondary N) is 1. The van der Waals surface area contributed by atoms with Crippen LogP contribution in [0.4, 0.5) is 22.7 Å². The van der Waals surface area contributed by atoms with Gasteiger partial charge in [0.05, 0.1) is 21.9 Å². The van der Waals surface area contributed by atoms with Crippen LogP contribution in [0, 0.1) is 10.1 Å². The van der Waals surface area contributed by atoms with Crippen molar-refractivity contribution in [1.82, 2.24) is 0 Å². The fraction of sp³-hybridized carbons (Fsp3) is 0.241. The topological polar surface area (TPSA) is 114 Å². The number of carbonyl (C=O) groups excluding carboxylic acids is 1. The average Bonchev–Trinajstić information content (AvgIpc) is 3.23. The van der Waals surface area contributed by atoms with Gasteiger partial charge >= 0.3 is 0 Å². The van der Waals surface area contributed by atoms with E-state index in [0.29, 0.717) is 23.4 Å². The lowest BCUT2D eigenvalue weighted by Gasteiger charge is -2.11. The predicted octanol–water partition coefficient (Wildman–Crippen LogP) is 6.49. The van der Waals surface area contributed by atoms with Crippen LogP contribution < -0.4 is 16.1 Å². The van der Waals surface area contributed by atoms with Gasteiger partial charge in [0.25, 0.3) is 11.6 Å². The van der Waals surface area contributed by atoms with Crippen LogP contribution >= 0.6 is 0 Å². The highest BCUT2D eigenvalue weighted by Gasteiger charge is 2.30. The van der Waals surface area contributed by atoms with Gasteiger partial charge in [-0.1, -0.05) is 63.6 Å². The summed E-state index contributed by atoms with van der Waals surface area (Å²) in [6.45, 7) is 6.21. The normalized spacial score (nSPS) is 13.7. The molecule has 3 aromatic rings. The number of amides is 1. The van der Waals surface area contributed by atoms with Crippen LogP contribution in [0.5, 0.6) is 0 Å². The van der Waals surface area contributed by atoms with Gasteiger partial charge in [-0.15, -0.1) is 0 Å². The van der Waals surface area contributed by atoms with E-state index < -0.39 is 4.92 Å². The highest BCUT2D eigenvalue weighted by atomic mass is 16.6. The molecule has 1 amide bonds. The minimum atomic E-state index is -0.470. The number of hydrogen-bond donors (Lipinski definition) is 2. The van der Waals surface area contributed by atoms with Crippen molar-refractivity contribution in [2.24, 2.45) is 5.10 Å². The van der Waals surface area contributed by atoms with Gasteiger partial charge in [-0.25, -0.2) is 0 Å². The molecule has 37 heavy (non-hydrogen) atoms. The van der Waals surface area contributed by atoms with Gasteiger partial charge in [-0.05, 0) is 54.7 Å². The van der Waals surface area contributed by atoms with Crippen LogP contribution in [-0.2, 0) is 17.6 Å².